The summed E-state index contributed by atoms with van der Waals surface area (Å²) >= 11 is 0. The van der Waals surface area contributed by atoms with Gasteiger partial charge >= 0.3 is 7.60 Å². The van der Waals surface area contributed by atoms with Crippen LogP contribution in [0.25, 0.3) is 0 Å². The van der Waals surface area contributed by atoms with Gasteiger partial charge in [-0.05, 0) is 6.42 Å². The third kappa shape index (κ3) is 7.89. The van der Waals surface area contributed by atoms with Gasteiger partial charge < -0.3 is 9.79 Å². The van der Waals surface area contributed by atoms with E-state index >= 15 is 0 Å². The largest absolute Gasteiger partial charge is 0.356 e. The Morgan fingerprint density at radius 1 is 1.67 bits per heavy atom. The van der Waals surface area contributed by atoms with Crippen LogP contribution in [0.15, 0.2) is 6.08 Å². The molecule has 0 unspecified atom stereocenters. The summed E-state index contributed by atoms with van der Waals surface area (Å²) in [7, 11) is -4.00. The van der Waals surface area contributed by atoms with E-state index < -0.39 is 7.60 Å². The van der Waals surface area contributed by atoms with Gasteiger partial charge in [-0.1, -0.05) is 19.4 Å². The van der Waals surface area contributed by atoms with Crippen molar-refractivity contribution in [2.24, 2.45) is 0 Å². The molecule has 0 aromatic heterocycles. The lowest BCUT2D eigenvalue weighted by atomic mass is 10.3. The summed E-state index contributed by atoms with van der Waals surface area (Å²) in [6.07, 6.45) is 2.93. The lowest BCUT2D eigenvalue weighted by Crippen LogP contribution is -1.69. The Kier molecular flexibility index (Phi) is 3.78. The van der Waals surface area contributed by atoms with E-state index in [0.29, 0.717) is 6.42 Å². The van der Waals surface area contributed by atoms with Gasteiger partial charge in [0.25, 0.3) is 0 Å². The summed E-state index contributed by atoms with van der Waals surface area (Å²) in [6, 6.07) is 0. The Bertz CT molecular complexity index is 135. The molecule has 0 aliphatic rings. The third-order valence-electron chi connectivity index (χ3n) is 0.692. The van der Waals surface area contributed by atoms with Gasteiger partial charge in [-0.15, -0.1) is 0 Å². The molecule has 0 saturated carbocycles. The van der Waals surface area contributed by atoms with E-state index in [1.165, 1.54) is 6.08 Å². The molecule has 0 rings (SSSR count). The number of unbranched alkanes of at least 4 members (excludes halogenated alkanes) is 1. The van der Waals surface area contributed by atoms with Crippen LogP contribution in [-0.2, 0) is 4.57 Å². The molecule has 0 saturated heterocycles. The van der Waals surface area contributed by atoms with Gasteiger partial charge in [0.1, 0.15) is 0 Å². The summed E-state index contributed by atoms with van der Waals surface area (Å²) in [5.41, 5.74) is 0. The highest BCUT2D eigenvalue weighted by Gasteiger charge is 2.04. The predicted octanol–water partition coefficient (Wildman–Crippen LogP) is 1.28. The predicted molar refractivity (Wildman–Crippen MR) is 34.8 cm³/mol. The molecule has 9 heavy (non-hydrogen) atoms. The van der Waals surface area contributed by atoms with Gasteiger partial charge in [0.2, 0.25) is 0 Å². The van der Waals surface area contributed by atoms with Crippen LogP contribution in [0.5, 0.6) is 0 Å². The molecule has 0 amide bonds. The molecule has 3 nitrogen and oxygen atoms in total. The molecule has 2 N–H and O–H groups in total. The Morgan fingerprint density at radius 2 is 2.22 bits per heavy atom. The highest BCUT2D eigenvalue weighted by molar-refractivity contribution is 7.53. The molecule has 4 heteroatoms. The van der Waals surface area contributed by atoms with Crippen molar-refractivity contribution < 1.29 is 14.4 Å². The number of hydrogen-bond acceptors (Lipinski definition) is 1. The monoisotopic (exact) mass is 149 g/mol. The van der Waals surface area contributed by atoms with Crippen LogP contribution in [0, 0.1) is 5.82 Å². The lowest BCUT2D eigenvalue weighted by molar-refractivity contribution is 0.384. The number of rotatable bonds is 3. The molecular formula is C5H10O3P. The van der Waals surface area contributed by atoms with Crippen molar-refractivity contribution in [3.8, 4) is 0 Å². The van der Waals surface area contributed by atoms with Crippen molar-refractivity contribution in [1.82, 2.24) is 0 Å². The van der Waals surface area contributed by atoms with Crippen LogP contribution in [0.1, 0.15) is 19.8 Å². The quantitative estimate of drug-likeness (QED) is 0.594. The molecule has 0 atom stereocenters. The molecule has 1 radical (unpaired) electrons. The molecule has 0 aliphatic carbocycles. The van der Waals surface area contributed by atoms with E-state index in [9.17, 15) is 4.57 Å². The maximum absolute atomic E-state index is 10.1. The van der Waals surface area contributed by atoms with Crippen molar-refractivity contribution in [3.05, 3.63) is 11.9 Å². The maximum Gasteiger partial charge on any atom is 0.356 e. The van der Waals surface area contributed by atoms with E-state index in [1.54, 1.807) is 0 Å². The van der Waals surface area contributed by atoms with Gasteiger partial charge in [-0.25, -0.2) is 0 Å². The summed E-state index contributed by atoms with van der Waals surface area (Å²) in [4.78, 5) is 16.4. The fraction of sp³-hybridized carbons (Fsp3) is 0.600. The van der Waals surface area contributed by atoms with Crippen LogP contribution >= 0.6 is 7.60 Å². The fourth-order valence-corrected chi connectivity index (χ4v) is 0.695. The van der Waals surface area contributed by atoms with E-state index in [2.05, 4.69) is 0 Å². The minimum atomic E-state index is -4.00. The van der Waals surface area contributed by atoms with Crippen molar-refractivity contribution >= 4 is 7.60 Å². The van der Waals surface area contributed by atoms with Crippen LogP contribution in [0.4, 0.5) is 0 Å². The zero-order chi connectivity index (χ0) is 7.33. The molecule has 0 aromatic rings. The normalized spacial score (nSPS) is 12.8. The van der Waals surface area contributed by atoms with Crippen molar-refractivity contribution in [2.45, 2.75) is 19.8 Å². The van der Waals surface area contributed by atoms with Crippen LogP contribution in [0.2, 0.25) is 0 Å². The molecule has 0 spiro atoms. The highest BCUT2D eigenvalue weighted by atomic mass is 31.2. The average Bonchev–Trinajstić information content (AvgIpc) is 1.63. The lowest BCUT2D eigenvalue weighted by Gasteiger charge is -1.90. The molecule has 0 aromatic carbocycles. The second-order valence-electron chi connectivity index (χ2n) is 1.67. The Labute approximate surface area is 54.6 Å². The first kappa shape index (κ1) is 8.89. The average molecular weight is 149 g/mol. The Hall–Kier alpha value is -0.110. The summed E-state index contributed by atoms with van der Waals surface area (Å²) < 4.78 is 10.1. The van der Waals surface area contributed by atoms with E-state index in [0.717, 1.165) is 6.42 Å². The topological polar surface area (TPSA) is 57.5 Å². The minimum absolute atomic E-state index is 0.672. The van der Waals surface area contributed by atoms with Crippen LogP contribution in [-0.4, -0.2) is 9.79 Å². The highest BCUT2D eigenvalue weighted by Crippen LogP contribution is 2.34. The first-order chi connectivity index (χ1) is 4.06. The first-order valence-electron chi connectivity index (χ1n) is 2.71. The SMILES string of the molecule is CCC/C=[C]\P(=O)(O)O. The summed E-state index contributed by atoms with van der Waals surface area (Å²) in [5, 5.41) is 0. The van der Waals surface area contributed by atoms with Crippen LogP contribution < -0.4 is 0 Å². The molecule has 0 fully saturated rings. The molecule has 0 aliphatic heterocycles. The standard InChI is InChI=1S/C5H10O3P/c1-2-3-4-5-9(6,7)8/h4H,2-3H2,1H3,(H2,6,7,8). The van der Waals surface area contributed by atoms with E-state index in [1.807, 2.05) is 12.7 Å². The van der Waals surface area contributed by atoms with Gasteiger partial charge in [-0.2, -0.15) is 0 Å². The second kappa shape index (κ2) is 3.83. The van der Waals surface area contributed by atoms with Gasteiger partial charge in [-0.3, -0.25) is 4.57 Å². The number of hydrogen-bond donors (Lipinski definition) is 2. The van der Waals surface area contributed by atoms with Crippen molar-refractivity contribution in [3.63, 3.8) is 0 Å². The summed E-state index contributed by atoms with van der Waals surface area (Å²) in [6.45, 7) is 1.93. The molecule has 53 valence electrons. The van der Waals surface area contributed by atoms with Crippen molar-refractivity contribution in [2.75, 3.05) is 0 Å². The molecule has 0 heterocycles. The second-order valence-corrected chi connectivity index (χ2v) is 3.01. The third-order valence-corrected chi connectivity index (χ3v) is 1.21. The van der Waals surface area contributed by atoms with Gasteiger partial charge in [0.05, 0.1) is 5.82 Å². The van der Waals surface area contributed by atoms with E-state index in [4.69, 9.17) is 9.79 Å². The Morgan fingerprint density at radius 3 is 2.56 bits per heavy atom. The zero-order valence-corrected chi connectivity index (χ0v) is 6.14. The smallest absolute Gasteiger partial charge is 0.321 e. The minimum Gasteiger partial charge on any atom is -0.321 e. The first-order valence-corrected chi connectivity index (χ1v) is 4.32. The zero-order valence-electron chi connectivity index (χ0n) is 5.24. The Balaban J connectivity index is 3.58. The number of allylic oxidation sites excluding steroid dienone is 1. The van der Waals surface area contributed by atoms with Crippen molar-refractivity contribution in [1.29, 1.82) is 0 Å². The molecule has 0 bridgehead atoms. The van der Waals surface area contributed by atoms with E-state index in [-0.39, 0.29) is 0 Å². The van der Waals surface area contributed by atoms with Gasteiger partial charge in [0, 0.05) is 0 Å². The fourth-order valence-electron chi connectivity index (χ4n) is 0.328. The van der Waals surface area contributed by atoms with Gasteiger partial charge in [0.15, 0.2) is 0 Å². The van der Waals surface area contributed by atoms with Crippen LogP contribution in [0.3, 0.4) is 0 Å². The summed E-state index contributed by atoms with van der Waals surface area (Å²) in [5.74, 6) is 1.96. The molecular weight excluding hydrogens is 139 g/mol. The maximum atomic E-state index is 10.1.